The highest BCUT2D eigenvalue weighted by molar-refractivity contribution is 6.11. The van der Waals surface area contributed by atoms with Crippen LogP contribution in [0.5, 0.6) is 5.75 Å². The largest absolute Gasteiger partial charge is 0.507 e. The minimum Gasteiger partial charge on any atom is -0.507 e. The molecule has 0 radical (unpaired) electrons. The van der Waals surface area contributed by atoms with E-state index in [-0.39, 0.29) is 11.3 Å². The lowest BCUT2D eigenvalue weighted by Crippen LogP contribution is -2.15. The Labute approximate surface area is 150 Å². The molecule has 1 amide bonds. The van der Waals surface area contributed by atoms with Crippen LogP contribution in [0.25, 0.3) is 10.8 Å². The molecule has 0 fully saturated rings. The van der Waals surface area contributed by atoms with Gasteiger partial charge in [0.2, 0.25) is 0 Å². The maximum Gasteiger partial charge on any atom is 0.267 e. The van der Waals surface area contributed by atoms with Gasteiger partial charge in [-0.05, 0) is 36.8 Å². The molecule has 0 saturated heterocycles. The number of anilines is 2. The summed E-state index contributed by atoms with van der Waals surface area (Å²) in [5.41, 5.74) is 1.43. The van der Waals surface area contributed by atoms with Crippen molar-refractivity contribution in [1.29, 1.82) is 5.26 Å². The number of aryl methyl sites for hydroxylation is 1. The van der Waals surface area contributed by atoms with Crippen LogP contribution in [0.4, 0.5) is 11.5 Å². The Hall–Kier alpha value is -3.85. The van der Waals surface area contributed by atoms with E-state index in [1.165, 1.54) is 6.20 Å². The van der Waals surface area contributed by atoms with Crippen molar-refractivity contribution in [2.45, 2.75) is 6.92 Å². The van der Waals surface area contributed by atoms with Crippen molar-refractivity contribution in [2.24, 2.45) is 0 Å². The smallest absolute Gasteiger partial charge is 0.267 e. The van der Waals surface area contributed by atoms with Gasteiger partial charge in [0, 0.05) is 28.9 Å². The molecule has 0 atom stereocenters. The average Bonchev–Trinajstić information content (AvgIpc) is 2.63. The average molecular weight is 344 g/mol. The molecule has 2 aromatic carbocycles. The van der Waals surface area contributed by atoms with Crippen LogP contribution in [0, 0.1) is 18.3 Å². The number of nitrogens with one attached hydrogen (secondary N) is 2. The van der Waals surface area contributed by atoms with Crippen LogP contribution in [0.2, 0.25) is 0 Å². The van der Waals surface area contributed by atoms with Crippen molar-refractivity contribution in [3.8, 4) is 11.8 Å². The Morgan fingerprint density at radius 2 is 1.96 bits per heavy atom. The van der Waals surface area contributed by atoms with Gasteiger partial charge in [-0.25, -0.2) is 4.98 Å². The number of nitrogens with zero attached hydrogens (tertiary/aromatic N) is 2. The number of hydrogen-bond acceptors (Lipinski definition) is 5. The van der Waals surface area contributed by atoms with Crippen LogP contribution >= 0.6 is 0 Å². The molecular weight excluding hydrogens is 328 g/mol. The summed E-state index contributed by atoms with van der Waals surface area (Å²) in [6, 6.07) is 15.8. The first-order chi connectivity index (χ1) is 12.6. The number of carbonyl (C=O) groups is 1. The highest BCUT2D eigenvalue weighted by Crippen LogP contribution is 2.29. The summed E-state index contributed by atoms with van der Waals surface area (Å²) < 4.78 is 0. The molecule has 6 nitrogen and oxygen atoms in total. The molecule has 0 aliphatic carbocycles. The summed E-state index contributed by atoms with van der Waals surface area (Å²) in [6.07, 6.45) is 2.96. The SMILES string of the molecule is Cc1ccnc(N/C=C(/C#N)C(=O)Nc2cccc3c(O)cccc23)c1. The molecule has 0 aliphatic heterocycles. The van der Waals surface area contributed by atoms with Crippen molar-refractivity contribution >= 4 is 28.2 Å². The number of fused-ring (bicyclic) bond motifs is 1. The number of pyridine rings is 1. The third kappa shape index (κ3) is 3.62. The summed E-state index contributed by atoms with van der Waals surface area (Å²) >= 11 is 0. The highest BCUT2D eigenvalue weighted by atomic mass is 16.3. The summed E-state index contributed by atoms with van der Waals surface area (Å²) in [5, 5.41) is 26.1. The molecule has 3 N–H and O–H groups in total. The number of phenolic OH excluding ortho intramolecular Hbond substituents is 1. The van der Waals surface area contributed by atoms with E-state index in [0.717, 1.165) is 5.56 Å². The second-order valence-electron chi connectivity index (χ2n) is 5.66. The van der Waals surface area contributed by atoms with Gasteiger partial charge in [0.15, 0.2) is 0 Å². The lowest BCUT2D eigenvalue weighted by Gasteiger charge is -2.09. The maximum atomic E-state index is 12.4. The maximum absolute atomic E-state index is 12.4. The van der Waals surface area contributed by atoms with Crippen LogP contribution in [-0.4, -0.2) is 16.0 Å². The zero-order valence-electron chi connectivity index (χ0n) is 14.0. The Kier molecular flexibility index (Phi) is 4.81. The standard InChI is InChI=1S/C20H16N4O2/c1-13-8-9-22-19(10-13)23-12-14(11-21)20(26)24-17-6-2-5-16-15(17)4-3-7-18(16)25/h2-10,12,25H,1H3,(H,22,23)(H,24,26)/b14-12-. The van der Waals surface area contributed by atoms with Crippen molar-refractivity contribution in [1.82, 2.24) is 4.98 Å². The first-order valence-corrected chi connectivity index (χ1v) is 7.90. The van der Waals surface area contributed by atoms with Gasteiger partial charge in [-0.15, -0.1) is 0 Å². The Morgan fingerprint density at radius 3 is 2.73 bits per heavy atom. The molecule has 0 unspecified atom stereocenters. The number of benzene rings is 2. The Morgan fingerprint density at radius 1 is 1.19 bits per heavy atom. The molecule has 1 heterocycles. The molecule has 6 heteroatoms. The lowest BCUT2D eigenvalue weighted by molar-refractivity contribution is -0.112. The molecule has 128 valence electrons. The Balaban J connectivity index is 1.83. The normalized spacial score (nSPS) is 11.0. The summed E-state index contributed by atoms with van der Waals surface area (Å²) in [7, 11) is 0. The van der Waals surface area contributed by atoms with Gasteiger partial charge in [-0.3, -0.25) is 4.79 Å². The number of hydrogen-bond donors (Lipinski definition) is 3. The molecule has 0 saturated carbocycles. The van der Waals surface area contributed by atoms with Crippen molar-refractivity contribution < 1.29 is 9.90 Å². The third-order valence-electron chi connectivity index (χ3n) is 3.79. The van der Waals surface area contributed by atoms with Gasteiger partial charge in [-0.1, -0.05) is 24.3 Å². The summed E-state index contributed by atoms with van der Waals surface area (Å²) in [5.74, 6) is 0.117. The molecule has 0 bridgehead atoms. The zero-order valence-corrected chi connectivity index (χ0v) is 14.0. The first kappa shape index (κ1) is 17.0. The monoisotopic (exact) mass is 344 g/mol. The Bertz CT molecular complexity index is 1050. The van der Waals surface area contributed by atoms with E-state index < -0.39 is 5.91 Å². The first-order valence-electron chi connectivity index (χ1n) is 7.90. The van der Waals surface area contributed by atoms with Crippen molar-refractivity contribution in [3.63, 3.8) is 0 Å². The van der Waals surface area contributed by atoms with E-state index in [4.69, 9.17) is 0 Å². The molecule has 3 aromatic rings. The van der Waals surface area contributed by atoms with Crippen molar-refractivity contribution in [2.75, 3.05) is 10.6 Å². The van der Waals surface area contributed by atoms with E-state index in [2.05, 4.69) is 15.6 Å². The van der Waals surface area contributed by atoms with Gasteiger partial charge in [0.1, 0.15) is 23.2 Å². The molecule has 0 aliphatic rings. The second-order valence-corrected chi connectivity index (χ2v) is 5.66. The van der Waals surface area contributed by atoms with Gasteiger partial charge in [0.25, 0.3) is 5.91 Å². The van der Waals surface area contributed by atoms with E-state index in [0.29, 0.717) is 22.3 Å². The summed E-state index contributed by atoms with van der Waals surface area (Å²) in [6.45, 7) is 1.92. The second kappa shape index (κ2) is 7.36. The lowest BCUT2D eigenvalue weighted by atomic mass is 10.1. The number of aromatic hydroxyl groups is 1. The van der Waals surface area contributed by atoms with Crippen LogP contribution < -0.4 is 10.6 Å². The number of carbonyl (C=O) groups excluding carboxylic acids is 1. The molecular formula is C20H16N4O2. The third-order valence-corrected chi connectivity index (χ3v) is 3.79. The zero-order chi connectivity index (χ0) is 18.5. The van der Waals surface area contributed by atoms with E-state index in [1.807, 2.05) is 19.1 Å². The fourth-order valence-corrected chi connectivity index (χ4v) is 2.50. The fourth-order valence-electron chi connectivity index (χ4n) is 2.50. The van der Waals surface area contributed by atoms with Crippen molar-refractivity contribution in [3.05, 3.63) is 72.1 Å². The molecule has 0 spiro atoms. The van der Waals surface area contributed by atoms with E-state index in [1.54, 1.807) is 48.7 Å². The minimum atomic E-state index is -0.552. The minimum absolute atomic E-state index is 0.0922. The molecule has 26 heavy (non-hydrogen) atoms. The predicted molar refractivity (Wildman–Crippen MR) is 101 cm³/mol. The van der Waals surface area contributed by atoms with Gasteiger partial charge < -0.3 is 15.7 Å². The van der Waals surface area contributed by atoms with Crippen LogP contribution in [0.3, 0.4) is 0 Å². The fraction of sp³-hybridized carbons (Fsp3) is 0.0500. The summed E-state index contributed by atoms with van der Waals surface area (Å²) in [4.78, 5) is 16.6. The molecule has 3 rings (SSSR count). The van der Waals surface area contributed by atoms with Crippen LogP contribution in [0.1, 0.15) is 5.56 Å². The van der Waals surface area contributed by atoms with E-state index >= 15 is 0 Å². The quantitative estimate of drug-likeness (QED) is 0.495. The number of rotatable bonds is 4. The number of nitriles is 1. The van der Waals surface area contributed by atoms with Gasteiger partial charge in [0.05, 0.1) is 0 Å². The number of aromatic nitrogens is 1. The van der Waals surface area contributed by atoms with Crippen LogP contribution in [-0.2, 0) is 4.79 Å². The van der Waals surface area contributed by atoms with Gasteiger partial charge >= 0.3 is 0 Å². The van der Waals surface area contributed by atoms with Gasteiger partial charge in [-0.2, -0.15) is 5.26 Å². The van der Waals surface area contributed by atoms with Crippen LogP contribution in [0.15, 0.2) is 66.5 Å². The number of phenols is 1. The highest BCUT2D eigenvalue weighted by Gasteiger charge is 2.12. The number of amides is 1. The van der Waals surface area contributed by atoms with E-state index in [9.17, 15) is 15.2 Å². The topological polar surface area (TPSA) is 98.0 Å². The predicted octanol–water partition coefficient (Wildman–Crippen LogP) is 3.71. The molecule has 1 aromatic heterocycles.